The SMILES string of the molecule is COc1ccc(N(C(C)=O)c2nc(/C=N\NC(=O)c3ccccc3O)cs2)cc1. The van der Waals surface area contributed by atoms with Gasteiger partial charge in [0.1, 0.15) is 11.5 Å². The molecule has 0 radical (unpaired) electrons. The molecule has 9 heteroatoms. The van der Waals surface area contributed by atoms with Gasteiger partial charge in [-0.05, 0) is 36.4 Å². The number of amides is 2. The second-order valence-electron chi connectivity index (χ2n) is 5.82. The molecule has 0 aliphatic rings. The first-order chi connectivity index (χ1) is 14.0. The van der Waals surface area contributed by atoms with E-state index < -0.39 is 5.91 Å². The maximum Gasteiger partial charge on any atom is 0.275 e. The zero-order chi connectivity index (χ0) is 20.8. The van der Waals surface area contributed by atoms with Crippen LogP contribution < -0.4 is 15.1 Å². The van der Waals surface area contributed by atoms with Crippen LogP contribution in [0.25, 0.3) is 0 Å². The predicted octanol–water partition coefficient (Wildman–Crippen LogP) is 3.31. The lowest BCUT2D eigenvalue weighted by Crippen LogP contribution is -2.22. The fourth-order valence-corrected chi connectivity index (χ4v) is 3.32. The van der Waals surface area contributed by atoms with E-state index in [0.29, 0.717) is 22.3 Å². The van der Waals surface area contributed by atoms with Gasteiger partial charge in [-0.3, -0.25) is 14.5 Å². The van der Waals surface area contributed by atoms with Crippen molar-refractivity contribution in [3.63, 3.8) is 0 Å². The Morgan fingerprint density at radius 1 is 1.21 bits per heavy atom. The van der Waals surface area contributed by atoms with Crippen molar-refractivity contribution in [1.29, 1.82) is 0 Å². The number of phenols is 1. The van der Waals surface area contributed by atoms with Gasteiger partial charge in [0.15, 0.2) is 5.13 Å². The normalized spacial score (nSPS) is 10.7. The number of aromatic hydroxyl groups is 1. The minimum absolute atomic E-state index is 0.117. The molecule has 3 aromatic rings. The van der Waals surface area contributed by atoms with Gasteiger partial charge >= 0.3 is 0 Å². The number of thiazole rings is 1. The summed E-state index contributed by atoms with van der Waals surface area (Å²) in [5.41, 5.74) is 3.58. The van der Waals surface area contributed by atoms with Crippen LogP contribution in [0.2, 0.25) is 0 Å². The van der Waals surface area contributed by atoms with Gasteiger partial charge in [0.2, 0.25) is 5.91 Å². The van der Waals surface area contributed by atoms with Gasteiger partial charge in [0, 0.05) is 12.3 Å². The molecule has 0 spiro atoms. The van der Waals surface area contributed by atoms with Crippen LogP contribution in [0.5, 0.6) is 11.5 Å². The minimum atomic E-state index is -0.543. The van der Waals surface area contributed by atoms with Crippen molar-refractivity contribution in [3.05, 3.63) is 65.2 Å². The first-order valence-electron chi connectivity index (χ1n) is 8.51. The maximum atomic E-state index is 12.1. The Morgan fingerprint density at radius 2 is 1.93 bits per heavy atom. The van der Waals surface area contributed by atoms with E-state index in [2.05, 4.69) is 15.5 Å². The Hall–Kier alpha value is -3.72. The zero-order valence-electron chi connectivity index (χ0n) is 15.7. The molecule has 0 unspecified atom stereocenters. The second-order valence-corrected chi connectivity index (χ2v) is 6.66. The lowest BCUT2D eigenvalue weighted by molar-refractivity contribution is -0.115. The van der Waals surface area contributed by atoms with Gasteiger partial charge in [-0.2, -0.15) is 5.10 Å². The first kappa shape index (κ1) is 20.0. The van der Waals surface area contributed by atoms with E-state index in [4.69, 9.17) is 4.74 Å². The molecule has 148 valence electrons. The van der Waals surface area contributed by atoms with Crippen molar-refractivity contribution in [2.24, 2.45) is 5.10 Å². The fraction of sp³-hybridized carbons (Fsp3) is 0.100. The Labute approximate surface area is 171 Å². The number of phenolic OH excluding ortho intramolecular Hbond substituents is 1. The van der Waals surface area contributed by atoms with Gasteiger partial charge < -0.3 is 9.84 Å². The van der Waals surface area contributed by atoms with Crippen LogP contribution in [0.4, 0.5) is 10.8 Å². The van der Waals surface area contributed by atoms with Crippen LogP contribution in [0.3, 0.4) is 0 Å². The summed E-state index contributed by atoms with van der Waals surface area (Å²) in [5, 5.41) is 15.7. The zero-order valence-corrected chi connectivity index (χ0v) is 16.5. The van der Waals surface area contributed by atoms with Crippen molar-refractivity contribution in [2.45, 2.75) is 6.92 Å². The summed E-state index contributed by atoms with van der Waals surface area (Å²) < 4.78 is 5.14. The molecular formula is C20H18N4O4S. The number of benzene rings is 2. The number of hydrogen-bond acceptors (Lipinski definition) is 7. The van der Waals surface area contributed by atoms with Crippen molar-refractivity contribution in [3.8, 4) is 11.5 Å². The predicted molar refractivity (Wildman–Crippen MR) is 111 cm³/mol. The third-order valence-electron chi connectivity index (χ3n) is 3.86. The highest BCUT2D eigenvalue weighted by Crippen LogP contribution is 2.29. The highest BCUT2D eigenvalue weighted by Gasteiger charge is 2.17. The second kappa shape index (κ2) is 8.98. The smallest absolute Gasteiger partial charge is 0.275 e. The van der Waals surface area contributed by atoms with Gasteiger partial charge in [0.05, 0.1) is 30.3 Å². The molecule has 0 saturated carbocycles. The summed E-state index contributed by atoms with van der Waals surface area (Å²) >= 11 is 1.27. The molecule has 2 amide bonds. The molecule has 2 N–H and O–H groups in total. The number of carbonyl (C=O) groups excluding carboxylic acids is 2. The topological polar surface area (TPSA) is 104 Å². The van der Waals surface area contributed by atoms with Crippen LogP contribution in [0.15, 0.2) is 59.0 Å². The van der Waals surface area contributed by atoms with E-state index >= 15 is 0 Å². The van der Waals surface area contributed by atoms with E-state index in [0.717, 1.165) is 0 Å². The number of anilines is 2. The number of hydrazone groups is 1. The van der Waals surface area contributed by atoms with E-state index in [-0.39, 0.29) is 17.2 Å². The highest BCUT2D eigenvalue weighted by molar-refractivity contribution is 7.14. The Bertz CT molecular complexity index is 1050. The number of ether oxygens (including phenoxy) is 1. The number of para-hydroxylation sites is 1. The molecular weight excluding hydrogens is 392 g/mol. The monoisotopic (exact) mass is 410 g/mol. The Morgan fingerprint density at radius 3 is 2.59 bits per heavy atom. The molecule has 0 bridgehead atoms. The molecule has 8 nitrogen and oxygen atoms in total. The van der Waals surface area contributed by atoms with E-state index in [1.807, 2.05) is 0 Å². The molecule has 0 fully saturated rings. The first-order valence-corrected chi connectivity index (χ1v) is 9.39. The highest BCUT2D eigenvalue weighted by atomic mass is 32.1. The summed E-state index contributed by atoms with van der Waals surface area (Å²) in [7, 11) is 1.57. The fourth-order valence-electron chi connectivity index (χ4n) is 2.48. The summed E-state index contributed by atoms with van der Waals surface area (Å²) in [6.45, 7) is 1.45. The van der Waals surface area contributed by atoms with Crippen LogP contribution in [-0.2, 0) is 4.79 Å². The van der Waals surface area contributed by atoms with Crippen LogP contribution >= 0.6 is 11.3 Å². The van der Waals surface area contributed by atoms with Crippen LogP contribution in [-0.4, -0.2) is 35.2 Å². The lowest BCUT2D eigenvalue weighted by Gasteiger charge is -2.18. The summed E-state index contributed by atoms with van der Waals surface area (Å²) in [6.07, 6.45) is 1.37. The Kier molecular flexibility index (Phi) is 6.20. The number of aromatic nitrogens is 1. The summed E-state index contributed by atoms with van der Waals surface area (Å²) in [6, 6.07) is 13.2. The minimum Gasteiger partial charge on any atom is -0.507 e. The average Bonchev–Trinajstić information content (AvgIpc) is 3.17. The van der Waals surface area contributed by atoms with E-state index in [1.54, 1.807) is 48.9 Å². The quantitative estimate of drug-likeness (QED) is 0.479. The number of nitrogens with one attached hydrogen (secondary N) is 1. The molecule has 0 saturated heterocycles. The lowest BCUT2D eigenvalue weighted by atomic mass is 10.2. The average molecular weight is 410 g/mol. The van der Waals surface area contributed by atoms with Crippen molar-refractivity contribution >= 4 is 40.2 Å². The molecule has 1 aromatic heterocycles. The molecule has 1 heterocycles. The molecule has 0 aliphatic carbocycles. The van der Waals surface area contributed by atoms with Gasteiger partial charge in [-0.1, -0.05) is 12.1 Å². The number of carbonyl (C=O) groups is 2. The number of hydrogen-bond donors (Lipinski definition) is 2. The van der Waals surface area contributed by atoms with Crippen molar-refractivity contribution in [1.82, 2.24) is 10.4 Å². The number of rotatable bonds is 6. The number of nitrogens with zero attached hydrogens (tertiary/aromatic N) is 3. The molecule has 0 aliphatic heterocycles. The molecule has 3 rings (SSSR count). The number of methoxy groups -OCH3 is 1. The largest absolute Gasteiger partial charge is 0.507 e. The summed E-state index contributed by atoms with van der Waals surface area (Å²) in [5.74, 6) is -0.184. The van der Waals surface area contributed by atoms with Gasteiger partial charge in [0.25, 0.3) is 5.91 Å². The van der Waals surface area contributed by atoms with Crippen LogP contribution in [0, 0.1) is 0 Å². The standard InChI is InChI=1S/C20H18N4O4S/c1-13(25)24(15-7-9-16(28-2)10-8-15)20-22-14(12-29-20)11-21-23-19(27)17-5-3-4-6-18(17)26/h3-12,26H,1-2H3,(H,23,27)/b21-11-. The molecule has 29 heavy (non-hydrogen) atoms. The van der Waals surface area contributed by atoms with Gasteiger partial charge in [-0.25, -0.2) is 10.4 Å². The summed E-state index contributed by atoms with van der Waals surface area (Å²) in [4.78, 5) is 30.0. The van der Waals surface area contributed by atoms with Crippen LogP contribution in [0.1, 0.15) is 23.0 Å². The van der Waals surface area contributed by atoms with Crippen molar-refractivity contribution in [2.75, 3.05) is 12.0 Å². The van der Waals surface area contributed by atoms with E-state index in [1.165, 1.54) is 41.5 Å². The van der Waals surface area contributed by atoms with E-state index in [9.17, 15) is 14.7 Å². The Balaban J connectivity index is 1.72. The van der Waals surface area contributed by atoms with Crippen molar-refractivity contribution < 1.29 is 19.4 Å². The third-order valence-corrected chi connectivity index (χ3v) is 4.70. The molecule has 0 atom stereocenters. The maximum absolute atomic E-state index is 12.1. The third kappa shape index (κ3) is 4.77. The molecule has 2 aromatic carbocycles. The van der Waals surface area contributed by atoms with Gasteiger partial charge in [-0.15, -0.1) is 11.3 Å².